The molecule has 0 aromatic carbocycles. The van der Waals surface area contributed by atoms with Crippen molar-refractivity contribution in [2.75, 3.05) is 6.26 Å². The zero-order chi connectivity index (χ0) is 9.41. The first kappa shape index (κ1) is 9.87. The summed E-state index contributed by atoms with van der Waals surface area (Å²) in [5, 5.41) is 0. The molecule has 0 aromatic heterocycles. The molecule has 1 atom stereocenters. The van der Waals surface area contributed by atoms with E-state index in [1.54, 1.807) is 0 Å². The topological polar surface area (TPSA) is 20.2 Å². The van der Waals surface area contributed by atoms with Crippen LogP contribution in [0, 0.1) is 0 Å². The highest BCUT2D eigenvalue weighted by molar-refractivity contribution is 8.32. The Bertz CT molecular complexity index is 231. The molecule has 12 heavy (non-hydrogen) atoms. The van der Waals surface area contributed by atoms with Gasteiger partial charge in [0.15, 0.2) is 0 Å². The minimum absolute atomic E-state index is 0.00907. The van der Waals surface area contributed by atoms with Gasteiger partial charge < -0.3 is 4.55 Å². The second-order valence-electron chi connectivity index (χ2n) is 4.25. The predicted molar refractivity (Wildman–Crippen MR) is 57.7 cm³/mol. The molecule has 1 unspecified atom stereocenters. The molecule has 1 aliphatic carbocycles. The van der Waals surface area contributed by atoms with Crippen LogP contribution in [0.2, 0.25) is 0 Å². The summed E-state index contributed by atoms with van der Waals surface area (Å²) < 4.78 is 10.3. The van der Waals surface area contributed by atoms with Crippen molar-refractivity contribution in [1.82, 2.24) is 0 Å². The Kier molecular flexibility index (Phi) is 2.41. The fourth-order valence-electron chi connectivity index (χ4n) is 1.12. The summed E-state index contributed by atoms with van der Waals surface area (Å²) in [4.78, 5) is 1.20. The highest BCUT2D eigenvalue weighted by atomic mass is 32.3. The molecule has 0 aliphatic heterocycles. The molecule has 0 spiro atoms. The van der Waals surface area contributed by atoms with Gasteiger partial charge in [0.05, 0.1) is 0 Å². The average molecular weight is 186 g/mol. The Labute approximate surface area is 76.7 Å². The van der Waals surface area contributed by atoms with Gasteiger partial charge >= 0.3 is 0 Å². The molecule has 1 N–H and O–H groups in total. The summed E-state index contributed by atoms with van der Waals surface area (Å²) >= 11 is 0. The van der Waals surface area contributed by atoms with E-state index in [0.717, 1.165) is 6.42 Å². The third-order valence-corrected chi connectivity index (χ3v) is 6.15. The van der Waals surface area contributed by atoms with E-state index >= 15 is 0 Å². The Morgan fingerprint density at radius 2 is 2.00 bits per heavy atom. The third kappa shape index (κ3) is 1.59. The molecule has 0 heterocycles. The van der Waals surface area contributed by atoms with E-state index in [1.807, 2.05) is 12.3 Å². The van der Waals surface area contributed by atoms with Gasteiger partial charge in [0.1, 0.15) is 0 Å². The van der Waals surface area contributed by atoms with E-state index in [1.165, 1.54) is 4.91 Å². The maximum atomic E-state index is 10.3. The van der Waals surface area contributed by atoms with Crippen LogP contribution >= 0.6 is 10.3 Å². The lowest BCUT2D eigenvalue weighted by atomic mass is 10.3. The molecular weight excluding hydrogens is 168 g/mol. The molecule has 1 aliphatic rings. The number of allylic oxidation sites excluding steroid dienone is 4. The van der Waals surface area contributed by atoms with Crippen molar-refractivity contribution in [3.05, 3.63) is 23.1 Å². The zero-order valence-electron chi connectivity index (χ0n) is 8.29. The molecule has 0 saturated carbocycles. The van der Waals surface area contributed by atoms with Crippen LogP contribution in [-0.4, -0.2) is 15.6 Å². The van der Waals surface area contributed by atoms with Gasteiger partial charge in [0.25, 0.3) is 0 Å². The lowest BCUT2D eigenvalue weighted by molar-refractivity contribution is 0.592. The Hall–Kier alpha value is -0.210. The summed E-state index contributed by atoms with van der Waals surface area (Å²) in [5.41, 5.74) is 0. The lowest BCUT2D eigenvalue weighted by Crippen LogP contribution is -2.24. The normalized spacial score (nSPS) is 24.9. The van der Waals surface area contributed by atoms with E-state index in [2.05, 4.69) is 32.9 Å². The fourth-order valence-corrected chi connectivity index (χ4v) is 2.67. The van der Waals surface area contributed by atoms with Crippen LogP contribution in [0.15, 0.2) is 23.1 Å². The van der Waals surface area contributed by atoms with Crippen LogP contribution < -0.4 is 0 Å². The fraction of sp³-hybridized carbons (Fsp3) is 0.600. The molecule has 1 rings (SSSR count). The molecule has 0 amide bonds. The minimum Gasteiger partial charge on any atom is -0.347 e. The first-order valence-corrected chi connectivity index (χ1v) is 6.21. The van der Waals surface area contributed by atoms with Crippen LogP contribution in [0.25, 0.3) is 0 Å². The first-order valence-electron chi connectivity index (χ1n) is 4.22. The van der Waals surface area contributed by atoms with Crippen molar-refractivity contribution >= 4 is 10.3 Å². The van der Waals surface area contributed by atoms with Crippen molar-refractivity contribution in [2.45, 2.75) is 31.9 Å². The summed E-state index contributed by atoms with van der Waals surface area (Å²) in [6.45, 7) is 6.30. The van der Waals surface area contributed by atoms with Gasteiger partial charge in [-0.2, -0.15) is 0 Å². The summed E-state index contributed by atoms with van der Waals surface area (Å²) in [7, 11) is -1.58. The standard InChI is InChI=1S/C10H18OS/c1-10(2,3)12(4,11)9-7-5-6-8-9/h5-7,11H,8H2,1-4H3. The van der Waals surface area contributed by atoms with Gasteiger partial charge in [0, 0.05) is 4.75 Å². The largest absolute Gasteiger partial charge is 0.347 e. The Morgan fingerprint density at radius 1 is 1.42 bits per heavy atom. The van der Waals surface area contributed by atoms with Gasteiger partial charge in [-0.3, -0.25) is 0 Å². The second-order valence-corrected chi connectivity index (χ2v) is 7.75. The van der Waals surface area contributed by atoms with Gasteiger partial charge in [-0.1, -0.05) is 39.0 Å². The SMILES string of the molecule is CC(C)(C)S(C)(O)C1=CC=CC1. The molecule has 0 radical (unpaired) electrons. The highest BCUT2D eigenvalue weighted by Gasteiger charge is 2.33. The van der Waals surface area contributed by atoms with E-state index in [9.17, 15) is 4.55 Å². The molecular formula is C10H18OS. The van der Waals surface area contributed by atoms with Gasteiger partial charge in [-0.25, -0.2) is 0 Å². The highest BCUT2D eigenvalue weighted by Crippen LogP contribution is 2.60. The van der Waals surface area contributed by atoms with Crippen molar-refractivity contribution in [2.24, 2.45) is 0 Å². The summed E-state index contributed by atoms with van der Waals surface area (Å²) in [6.07, 6.45) is 9.09. The smallest absolute Gasteiger partial charge is 0.0165 e. The summed E-state index contributed by atoms with van der Waals surface area (Å²) in [6, 6.07) is 0. The van der Waals surface area contributed by atoms with E-state index in [-0.39, 0.29) is 4.75 Å². The third-order valence-electron chi connectivity index (χ3n) is 2.44. The van der Waals surface area contributed by atoms with Crippen LogP contribution in [0.5, 0.6) is 0 Å². The molecule has 0 fully saturated rings. The molecule has 0 saturated heterocycles. The number of rotatable bonds is 1. The summed E-state index contributed by atoms with van der Waals surface area (Å²) in [5.74, 6) is 0. The van der Waals surface area contributed by atoms with Crippen molar-refractivity contribution in [3.8, 4) is 0 Å². The van der Waals surface area contributed by atoms with E-state index in [0.29, 0.717) is 0 Å². The van der Waals surface area contributed by atoms with Crippen LogP contribution in [0.3, 0.4) is 0 Å². The molecule has 70 valence electrons. The molecule has 0 aromatic rings. The maximum absolute atomic E-state index is 10.3. The second kappa shape index (κ2) is 2.93. The number of hydrogen-bond donors (Lipinski definition) is 1. The molecule has 2 heteroatoms. The lowest BCUT2D eigenvalue weighted by Gasteiger charge is -2.43. The Morgan fingerprint density at radius 3 is 2.33 bits per heavy atom. The zero-order valence-corrected chi connectivity index (χ0v) is 9.11. The van der Waals surface area contributed by atoms with Crippen LogP contribution in [0.4, 0.5) is 0 Å². The maximum Gasteiger partial charge on any atom is 0.0165 e. The van der Waals surface area contributed by atoms with E-state index < -0.39 is 10.3 Å². The van der Waals surface area contributed by atoms with Crippen LogP contribution in [0.1, 0.15) is 27.2 Å². The van der Waals surface area contributed by atoms with Crippen molar-refractivity contribution in [3.63, 3.8) is 0 Å². The Balaban J connectivity index is 2.86. The van der Waals surface area contributed by atoms with Crippen LogP contribution in [-0.2, 0) is 0 Å². The molecule has 1 nitrogen and oxygen atoms in total. The number of hydrogen-bond acceptors (Lipinski definition) is 1. The van der Waals surface area contributed by atoms with Gasteiger partial charge in [-0.15, -0.1) is 10.3 Å². The predicted octanol–water partition coefficient (Wildman–Crippen LogP) is 3.54. The van der Waals surface area contributed by atoms with E-state index in [4.69, 9.17) is 0 Å². The van der Waals surface area contributed by atoms with Crippen molar-refractivity contribution < 1.29 is 4.55 Å². The van der Waals surface area contributed by atoms with Gasteiger partial charge in [-0.05, 0) is 17.6 Å². The first-order chi connectivity index (χ1) is 5.36. The quantitative estimate of drug-likeness (QED) is 0.664. The average Bonchev–Trinajstić information content (AvgIpc) is 2.34. The van der Waals surface area contributed by atoms with Gasteiger partial charge in [0.2, 0.25) is 0 Å². The monoisotopic (exact) mass is 186 g/mol. The minimum atomic E-state index is -1.58. The van der Waals surface area contributed by atoms with Crippen molar-refractivity contribution in [1.29, 1.82) is 0 Å². The molecule has 0 bridgehead atoms.